The molecule has 0 saturated carbocycles. The Bertz CT molecular complexity index is 1460. The smallest absolute Gasteiger partial charge is 0.231 e. The molecule has 0 N–H and O–H groups in total. The van der Waals surface area contributed by atoms with Gasteiger partial charge >= 0.3 is 0 Å². The van der Waals surface area contributed by atoms with E-state index in [4.69, 9.17) is 19.3 Å². The van der Waals surface area contributed by atoms with Crippen molar-refractivity contribution in [2.24, 2.45) is 0 Å². The summed E-state index contributed by atoms with van der Waals surface area (Å²) in [5.41, 5.74) is 4.73. The third-order valence-electron chi connectivity index (χ3n) is 5.71. The van der Waals surface area contributed by atoms with E-state index in [2.05, 4.69) is 17.1 Å². The molecule has 0 aliphatic carbocycles. The Morgan fingerprint density at radius 1 is 1.00 bits per heavy atom. The molecule has 6 rings (SSSR count). The van der Waals surface area contributed by atoms with Crippen molar-refractivity contribution in [3.8, 4) is 28.5 Å². The zero-order valence-corrected chi connectivity index (χ0v) is 19.5. The van der Waals surface area contributed by atoms with Crippen molar-refractivity contribution < 1.29 is 14.2 Å². The van der Waals surface area contributed by atoms with E-state index in [1.54, 1.807) is 11.8 Å². The average Bonchev–Trinajstić information content (AvgIpc) is 3.60. The molecular formula is C25H23N5O3S. The molecule has 34 heavy (non-hydrogen) atoms. The Kier molecular flexibility index (Phi) is 5.46. The van der Waals surface area contributed by atoms with Gasteiger partial charge in [-0.2, -0.15) is 5.10 Å². The summed E-state index contributed by atoms with van der Waals surface area (Å²) in [6.07, 6.45) is 6.06. The Hall–Kier alpha value is -3.72. The summed E-state index contributed by atoms with van der Waals surface area (Å²) in [6.45, 7) is 3.17. The normalized spacial score (nSPS) is 12.6. The molecule has 4 heterocycles. The van der Waals surface area contributed by atoms with Gasteiger partial charge in [-0.15, -0.1) is 10.2 Å². The maximum Gasteiger partial charge on any atom is 0.231 e. The largest absolute Gasteiger partial charge is 0.494 e. The summed E-state index contributed by atoms with van der Waals surface area (Å²) >= 11 is 1.63. The van der Waals surface area contributed by atoms with Crippen LogP contribution in [0.4, 0.5) is 0 Å². The second-order valence-corrected chi connectivity index (χ2v) is 8.98. The first kappa shape index (κ1) is 20.9. The molecule has 0 saturated heterocycles. The molecule has 9 heteroatoms. The van der Waals surface area contributed by atoms with Gasteiger partial charge in [-0.05, 0) is 54.4 Å². The molecule has 0 radical (unpaired) electrons. The number of nitrogens with zero attached hydrogens (tertiary/aromatic N) is 5. The molecule has 0 unspecified atom stereocenters. The van der Waals surface area contributed by atoms with Gasteiger partial charge in [0.25, 0.3) is 0 Å². The van der Waals surface area contributed by atoms with Gasteiger partial charge in [-0.3, -0.25) is 4.40 Å². The molecule has 0 fully saturated rings. The van der Waals surface area contributed by atoms with Crippen molar-refractivity contribution in [1.82, 2.24) is 24.2 Å². The lowest BCUT2D eigenvalue weighted by Gasteiger charge is -2.05. The van der Waals surface area contributed by atoms with Crippen molar-refractivity contribution >= 4 is 22.9 Å². The zero-order valence-electron chi connectivity index (χ0n) is 18.7. The number of hydrogen-bond donors (Lipinski definition) is 0. The number of hydrogen-bond acceptors (Lipinski definition) is 7. The van der Waals surface area contributed by atoms with Gasteiger partial charge in [0.05, 0.1) is 12.3 Å². The van der Waals surface area contributed by atoms with Crippen molar-refractivity contribution in [3.05, 3.63) is 66.5 Å². The van der Waals surface area contributed by atoms with Crippen molar-refractivity contribution in [1.29, 1.82) is 0 Å². The molecule has 2 aromatic carbocycles. The Morgan fingerprint density at radius 3 is 2.76 bits per heavy atom. The molecule has 1 aliphatic rings. The fraction of sp³-hybridized carbons (Fsp3) is 0.240. The molecular weight excluding hydrogens is 450 g/mol. The highest BCUT2D eigenvalue weighted by Crippen LogP contribution is 2.34. The Balaban J connectivity index is 1.23. The maximum absolute atomic E-state index is 5.77. The molecule has 0 bridgehead atoms. The molecule has 0 spiro atoms. The number of aromatic nitrogens is 5. The summed E-state index contributed by atoms with van der Waals surface area (Å²) in [6, 6.07) is 16.1. The minimum Gasteiger partial charge on any atom is -0.494 e. The van der Waals surface area contributed by atoms with Gasteiger partial charge in [0.15, 0.2) is 22.3 Å². The molecule has 172 valence electrons. The number of benzene rings is 2. The van der Waals surface area contributed by atoms with E-state index in [1.165, 1.54) is 0 Å². The van der Waals surface area contributed by atoms with E-state index in [0.717, 1.165) is 75.6 Å². The predicted molar refractivity (Wildman–Crippen MR) is 130 cm³/mol. The first-order valence-corrected chi connectivity index (χ1v) is 12.2. The summed E-state index contributed by atoms with van der Waals surface area (Å²) in [4.78, 5) is 0. The van der Waals surface area contributed by atoms with E-state index in [9.17, 15) is 0 Å². The van der Waals surface area contributed by atoms with E-state index in [1.807, 2.05) is 69.8 Å². The monoisotopic (exact) mass is 473 g/mol. The average molecular weight is 474 g/mol. The third kappa shape index (κ3) is 3.92. The highest BCUT2D eigenvalue weighted by Gasteiger charge is 2.16. The topological polar surface area (TPSA) is 75.2 Å². The molecule has 8 nitrogen and oxygen atoms in total. The summed E-state index contributed by atoms with van der Waals surface area (Å²) in [5.74, 6) is 3.21. The number of fused-ring (bicyclic) bond motifs is 4. The van der Waals surface area contributed by atoms with E-state index >= 15 is 0 Å². The number of unbranched alkanes of at least 4 members (excludes halogenated alkanes) is 1. The van der Waals surface area contributed by atoms with Crippen LogP contribution >= 0.6 is 11.8 Å². The third-order valence-corrected chi connectivity index (χ3v) is 6.72. The van der Waals surface area contributed by atoms with Crippen molar-refractivity contribution in [2.45, 2.75) is 30.7 Å². The predicted octanol–water partition coefficient (Wildman–Crippen LogP) is 5.24. The van der Waals surface area contributed by atoms with Crippen LogP contribution in [0.2, 0.25) is 0 Å². The van der Waals surface area contributed by atoms with E-state index < -0.39 is 0 Å². The molecule has 3 aromatic heterocycles. The van der Waals surface area contributed by atoms with Gasteiger partial charge in [-0.1, -0.05) is 31.2 Å². The van der Waals surface area contributed by atoms with Crippen LogP contribution in [0.25, 0.3) is 22.4 Å². The van der Waals surface area contributed by atoms with Crippen LogP contribution < -0.4 is 14.2 Å². The Labute approximate surface area is 200 Å². The lowest BCUT2D eigenvalue weighted by molar-refractivity contribution is 0.174. The number of rotatable bonds is 8. The molecule has 0 amide bonds. The summed E-state index contributed by atoms with van der Waals surface area (Å²) in [5, 5.41) is 14.4. The SMILES string of the molecule is CCCCOc1ccc(-c2cc3c4nnc(SCc5ccc6c(c5)OCO6)n4ccn3n2)cc1. The highest BCUT2D eigenvalue weighted by molar-refractivity contribution is 7.98. The number of ether oxygens (including phenoxy) is 3. The summed E-state index contributed by atoms with van der Waals surface area (Å²) < 4.78 is 20.5. The minimum atomic E-state index is 0.279. The second kappa shape index (κ2) is 8.90. The fourth-order valence-electron chi connectivity index (χ4n) is 3.87. The first-order valence-electron chi connectivity index (χ1n) is 11.3. The van der Waals surface area contributed by atoms with Gasteiger partial charge in [0, 0.05) is 23.7 Å². The standard InChI is InChI=1S/C25H23N5O3S/c1-2-3-12-31-19-7-5-18(6-8-19)20-14-21-24-26-27-25(29(24)10-11-30(21)28-20)34-15-17-4-9-22-23(13-17)33-16-32-22/h4-11,13-14H,2-3,12,15-16H2,1H3. The van der Waals surface area contributed by atoms with Crippen LogP contribution in [-0.2, 0) is 5.75 Å². The van der Waals surface area contributed by atoms with Crippen LogP contribution in [0.1, 0.15) is 25.3 Å². The van der Waals surface area contributed by atoms with Crippen LogP contribution in [0.5, 0.6) is 17.2 Å². The van der Waals surface area contributed by atoms with Crippen LogP contribution in [0.15, 0.2) is 66.1 Å². The zero-order chi connectivity index (χ0) is 22.9. The highest BCUT2D eigenvalue weighted by atomic mass is 32.2. The van der Waals surface area contributed by atoms with E-state index in [0.29, 0.717) is 0 Å². The van der Waals surface area contributed by atoms with Crippen molar-refractivity contribution in [3.63, 3.8) is 0 Å². The van der Waals surface area contributed by atoms with Crippen LogP contribution in [-0.4, -0.2) is 37.6 Å². The second-order valence-electron chi connectivity index (χ2n) is 8.04. The number of thioether (sulfide) groups is 1. The lowest BCUT2D eigenvalue weighted by atomic mass is 10.1. The van der Waals surface area contributed by atoms with Gasteiger partial charge in [0.2, 0.25) is 6.79 Å². The first-order chi connectivity index (χ1) is 16.8. The van der Waals surface area contributed by atoms with Gasteiger partial charge in [0.1, 0.15) is 11.3 Å². The quantitative estimate of drug-likeness (QED) is 0.225. The fourth-order valence-corrected chi connectivity index (χ4v) is 4.73. The maximum atomic E-state index is 5.77. The van der Waals surface area contributed by atoms with Crippen LogP contribution in [0, 0.1) is 0 Å². The minimum absolute atomic E-state index is 0.279. The molecule has 0 atom stereocenters. The van der Waals surface area contributed by atoms with Crippen LogP contribution in [0.3, 0.4) is 0 Å². The van der Waals surface area contributed by atoms with Crippen molar-refractivity contribution in [2.75, 3.05) is 13.4 Å². The van der Waals surface area contributed by atoms with E-state index in [-0.39, 0.29) is 6.79 Å². The molecule has 5 aromatic rings. The summed E-state index contributed by atoms with van der Waals surface area (Å²) in [7, 11) is 0. The Morgan fingerprint density at radius 2 is 1.88 bits per heavy atom. The van der Waals surface area contributed by atoms with Gasteiger partial charge < -0.3 is 14.2 Å². The van der Waals surface area contributed by atoms with Gasteiger partial charge in [-0.25, -0.2) is 4.52 Å². The molecule has 1 aliphatic heterocycles. The lowest BCUT2D eigenvalue weighted by Crippen LogP contribution is -1.96.